The highest BCUT2D eigenvalue weighted by molar-refractivity contribution is 6.30. The molecule has 0 saturated heterocycles. The molecule has 1 heterocycles. The van der Waals surface area contributed by atoms with E-state index >= 15 is 0 Å². The molecule has 68 valence electrons. The van der Waals surface area contributed by atoms with Gasteiger partial charge in [0.05, 0.1) is 11.2 Å². The monoisotopic (exact) mass is 186 g/mol. The summed E-state index contributed by atoms with van der Waals surface area (Å²) in [6.07, 6.45) is 5.96. The first kappa shape index (κ1) is 9.59. The fourth-order valence-electron chi connectivity index (χ4n) is 1.12. The second kappa shape index (κ2) is 4.51. The maximum absolute atomic E-state index is 5.72. The Labute approximate surface area is 78.5 Å². The Hall–Kier alpha value is -0.500. The van der Waals surface area contributed by atoms with Gasteiger partial charge in [0.1, 0.15) is 0 Å². The van der Waals surface area contributed by atoms with Crippen molar-refractivity contribution >= 4 is 11.6 Å². The molecule has 0 saturated carbocycles. The average Bonchev–Trinajstić information content (AvgIpc) is 2.35. The fraction of sp³-hybridized carbons (Fsp3) is 0.667. The van der Waals surface area contributed by atoms with Crippen LogP contribution in [-0.4, -0.2) is 9.78 Å². The third-order valence-electron chi connectivity index (χ3n) is 1.77. The molecule has 0 amide bonds. The van der Waals surface area contributed by atoms with E-state index in [9.17, 15) is 0 Å². The number of halogens is 1. The summed E-state index contributed by atoms with van der Waals surface area (Å²) in [7, 11) is 0. The van der Waals surface area contributed by atoms with Crippen LogP contribution in [-0.2, 0) is 6.54 Å². The zero-order valence-corrected chi connectivity index (χ0v) is 8.38. The summed E-state index contributed by atoms with van der Waals surface area (Å²) in [5.41, 5.74) is 0. The molecule has 0 aromatic carbocycles. The molecule has 0 aliphatic rings. The standard InChI is InChI=1S/C9H15ClN2/c1-8(2)4-3-5-12-7-9(10)6-11-12/h6-8H,3-5H2,1-2H3. The van der Waals surface area contributed by atoms with Gasteiger partial charge in [0.15, 0.2) is 0 Å². The molecule has 1 aromatic rings. The topological polar surface area (TPSA) is 17.8 Å². The highest BCUT2D eigenvalue weighted by Crippen LogP contribution is 2.08. The van der Waals surface area contributed by atoms with Crippen molar-refractivity contribution < 1.29 is 0 Å². The van der Waals surface area contributed by atoms with E-state index in [1.165, 1.54) is 12.8 Å². The molecular weight excluding hydrogens is 172 g/mol. The van der Waals surface area contributed by atoms with E-state index in [4.69, 9.17) is 11.6 Å². The van der Waals surface area contributed by atoms with Crippen molar-refractivity contribution in [1.29, 1.82) is 0 Å². The van der Waals surface area contributed by atoms with Gasteiger partial charge in [-0.1, -0.05) is 25.4 Å². The van der Waals surface area contributed by atoms with Crippen LogP contribution in [0.4, 0.5) is 0 Å². The molecule has 3 heteroatoms. The minimum absolute atomic E-state index is 0.722. The zero-order chi connectivity index (χ0) is 8.97. The molecule has 0 aliphatic carbocycles. The SMILES string of the molecule is CC(C)CCCn1cc(Cl)cn1. The number of hydrogen-bond donors (Lipinski definition) is 0. The van der Waals surface area contributed by atoms with Gasteiger partial charge in [-0.25, -0.2) is 0 Å². The van der Waals surface area contributed by atoms with Crippen molar-refractivity contribution in [3.63, 3.8) is 0 Å². The number of rotatable bonds is 4. The normalized spacial score (nSPS) is 11.0. The first-order chi connectivity index (χ1) is 5.68. The van der Waals surface area contributed by atoms with E-state index in [1.54, 1.807) is 6.20 Å². The molecule has 0 fully saturated rings. The summed E-state index contributed by atoms with van der Waals surface area (Å²) in [6, 6.07) is 0. The minimum Gasteiger partial charge on any atom is -0.271 e. The van der Waals surface area contributed by atoms with Crippen molar-refractivity contribution in [2.75, 3.05) is 0 Å². The molecule has 12 heavy (non-hydrogen) atoms. The molecular formula is C9H15ClN2. The molecule has 1 aromatic heterocycles. The summed E-state index contributed by atoms with van der Waals surface area (Å²) < 4.78 is 1.89. The lowest BCUT2D eigenvalue weighted by atomic mass is 10.1. The van der Waals surface area contributed by atoms with Crippen LogP contribution in [0.15, 0.2) is 12.4 Å². The second-order valence-electron chi connectivity index (χ2n) is 3.46. The molecule has 0 aliphatic heterocycles. The Bertz CT molecular complexity index is 230. The van der Waals surface area contributed by atoms with Crippen molar-refractivity contribution in [3.05, 3.63) is 17.4 Å². The molecule has 0 spiro atoms. The van der Waals surface area contributed by atoms with Crippen LogP contribution >= 0.6 is 11.6 Å². The Kier molecular flexibility index (Phi) is 3.60. The van der Waals surface area contributed by atoms with E-state index in [1.807, 2.05) is 10.9 Å². The second-order valence-corrected chi connectivity index (χ2v) is 3.89. The molecule has 0 bridgehead atoms. The maximum atomic E-state index is 5.72. The largest absolute Gasteiger partial charge is 0.271 e. The quantitative estimate of drug-likeness (QED) is 0.707. The van der Waals surface area contributed by atoms with E-state index in [0.29, 0.717) is 0 Å². The Morgan fingerprint density at radius 3 is 2.83 bits per heavy atom. The molecule has 0 radical (unpaired) electrons. The molecule has 2 nitrogen and oxygen atoms in total. The summed E-state index contributed by atoms with van der Waals surface area (Å²) in [4.78, 5) is 0. The average molecular weight is 187 g/mol. The van der Waals surface area contributed by atoms with Crippen molar-refractivity contribution in [2.45, 2.75) is 33.2 Å². The predicted octanol–water partition coefficient (Wildman–Crippen LogP) is 2.97. The smallest absolute Gasteiger partial charge is 0.0785 e. The molecule has 1 rings (SSSR count). The van der Waals surface area contributed by atoms with Crippen LogP contribution < -0.4 is 0 Å². The zero-order valence-electron chi connectivity index (χ0n) is 7.63. The summed E-state index contributed by atoms with van der Waals surface area (Å²) in [5.74, 6) is 0.774. The van der Waals surface area contributed by atoms with Crippen LogP contribution in [0.1, 0.15) is 26.7 Å². The van der Waals surface area contributed by atoms with E-state index < -0.39 is 0 Å². The van der Waals surface area contributed by atoms with Crippen molar-refractivity contribution in [2.24, 2.45) is 5.92 Å². The molecule has 0 unspecified atom stereocenters. The lowest BCUT2D eigenvalue weighted by Crippen LogP contribution is -1.99. The van der Waals surface area contributed by atoms with Crippen LogP contribution in [0.25, 0.3) is 0 Å². The lowest BCUT2D eigenvalue weighted by Gasteiger charge is -2.03. The van der Waals surface area contributed by atoms with Gasteiger partial charge >= 0.3 is 0 Å². The van der Waals surface area contributed by atoms with Gasteiger partial charge in [-0.05, 0) is 18.8 Å². The summed E-state index contributed by atoms with van der Waals surface area (Å²) >= 11 is 5.72. The van der Waals surface area contributed by atoms with Crippen molar-refractivity contribution in [3.8, 4) is 0 Å². The summed E-state index contributed by atoms with van der Waals surface area (Å²) in [5, 5.41) is 4.82. The van der Waals surface area contributed by atoms with Gasteiger partial charge in [0.2, 0.25) is 0 Å². The number of hydrogen-bond acceptors (Lipinski definition) is 1. The van der Waals surface area contributed by atoms with Gasteiger partial charge in [0.25, 0.3) is 0 Å². The van der Waals surface area contributed by atoms with Gasteiger partial charge in [-0.15, -0.1) is 0 Å². The van der Waals surface area contributed by atoms with Crippen molar-refractivity contribution in [1.82, 2.24) is 9.78 Å². The summed E-state index contributed by atoms with van der Waals surface area (Å²) in [6.45, 7) is 5.44. The predicted molar refractivity (Wildman–Crippen MR) is 51.3 cm³/mol. The van der Waals surface area contributed by atoms with Crippen LogP contribution in [0.2, 0.25) is 5.02 Å². The molecule has 0 atom stereocenters. The first-order valence-electron chi connectivity index (χ1n) is 4.36. The Balaban J connectivity index is 2.24. The number of nitrogens with zero attached hydrogens (tertiary/aromatic N) is 2. The lowest BCUT2D eigenvalue weighted by molar-refractivity contribution is 0.490. The van der Waals surface area contributed by atoms with Gasteiger partial charge in [-0.2, -0.15) is 5.10 Å². The van der Waals surface area contributed by atoms with Gasteiger partial charge in [-0.3, -0.25) is 4.68 Å². The van der Waals surface area contributed by atoms with Gasteiger partial charge in [0, 0.05) is 12.7 Å². The Morgan fingerprint density at radius 1 is 1.58 bits per heavy atom. The highest BCUT2D eigenvalue weighted by Gasteiger charge is 1.96. The number of aryl methyl sites for hydroxylation is 1. The van der Waals surface area contributed by atoms with E-state index in [0.717, 1.165) is 17.5 Å². The highest BCUT2D eigenvalue weighted by atomic mass is 35.5. The van der Waals surface area contributed by atoms with E-state index in [-0.39, 0.29) is 0 Å². The third kappa shape index (κ3) is 3.26. The number of aromatic nitrogens is 2. The Morgan fingerprint density at radius 2 is 2.33 bits per heavy atom. The molecule has 0 N–H and O–H groups in total. The van der Waals surface area contributed by atoms with Crippen LogP contribution in [0, 0.1) is 5.92 Å². The fourth-order valence-corrected chi connectivity index (χ4v) is 1.28. The third-order valence-corrected chi connectivity index (χ3v) is 1.97. The van der Waals surface area contributed by atoms with Crippen LogP contribution in [0.5, 0.6) is 0 Å². The van der Waals surface area contributed by atoms with Crippen LogP contribution in [0.3, 0.4) is 0 Å². The maximum Gasteiger partial charge on any atom is 0.0785 e. The van der Waals surface area contributed by atoms with Gasteiger partial charge < -0.3 is 0 Å². The van der Waals surface area contributed by atoms with E-state index in [2.05, 4.69) is 18.9 Å². The first-order valence-corrected chi connectivity index (χ1v) is 4.74. The minimum atomic E-state index is 0.722.